The second kappa shape index (κ2) is 24.9. The van der Waals surface area contributed by atoms with Gasteiger partial charge in [0.05, 0.1) is 6.61 Å². The number of rotatable bonds is 5. The van der Waals surface area contributed by atoms with Gasteiger partial charge in [-0.3, -0.25) is 4.79 Å². The fraction of sp³-hybridized carbons (Fsp3) is 0.211. The molecule has 0 atom stereocenters. The van der Waals surface area contributed by atoms with Gasteiger partial charge in [0.2, 0.25) is 0 Å². The van der Waals surface area contributed by atoms with Gasteiger partial charge < -0.3 is 41.8 Å². The number of halogens is 1. The average Bonchev–Trinajstić information content (AvgIpc) is 2.72. The molecule has 0 saturated heterocycles. The van der Waals surface area contributed by atoms with Crippen LogP contribution in [0.4, 0.5) is 0 Å². The Bertz CT molecular complexity index is 842. The number of benzene rings is 2. The molecule has 2 aromatic carbocycles. The van der Waals surface area contributed by atoms with Crippen LogP contribution in [0.25, 0.3) is 0 Å². The molecule has 0 heterocycles. The van der Waals surface area contributed by atoms with Crippen LogP contribution >= 0.6 is 15.9 Å². The molecule has 2 aromatic rings. The van der Waals surface area contributed by atoms with Crippen molar-refractivity contribution in [1.82, 2.24) is 0 Å². The maximum atomic E-state index is 10.6. The monoisotopic (exact) mass is 584 g/mol. The zero-order chi connectivity index (χ0) is 24.4. The molecule has 11 nitrogen and oxygen atoms in total. The van der Waals surface area contributed by atoms with Crippen LogP contribution in [-0.4, -0.2) is 55.9 Å². The van der Waals surface area contributed by atoms with Crippen molar-refractivity contribution in [3.63, 3.8) is 0 Å². The van der Waals surface area contributed by atoms with Gasteiger partial charge >= 0.3 is 115 Å². The maximum absolute atomic E-state index is 10.6. The van der Waals surface area contributed by atoms with Gasteiger partial charge in [-0.15, -0.1) is 0 Å². The number of hydrogen-bond acceptors (Lipinski definition) is 9. The molecule has 0 fully saturated rings. The summed E-state index contributed by atoms with van der Waals surface area (Å²) in [6.07, 6.45) is 0. The Kier molecular flexibility index (Phi) is 30.1. The van der Waals surface area contributed by atoms with Gasteiger partial charge in [-0.2, -0.15) is 0 Å². The third-order valence-electron chi connectivity index (χ3n) is 2.76. The molecular weight excluding hydrogens is 562 g/mol. The topological polar surface area (TPSA) is 194 Å². The third-order valence-corrected chi connectivity index (χ3v) is 2.76. The molecular formula is C19H23BrK2O11. The second-order valence-electron chi connectivity index (χ2n) is 4.88. The summed E-state index contributed by atoms with van der Waals surface area (Å²) in [7, 11) is 0. The smallest absolute Gasteiger partial charge is 1.00 e. The van der Waals surface area contributed by atoms with E-state index >= 15 is 0 Å². The summed E-state index contributed by atoms with van der Waals surface area (Å²) in [5, 5.41) is 53.4. The Morgan fingerprint density at radius 2 is 1.36 bits per heavy atom. The van der Waals surface area contributed by atoms with Crippen molar-refractivity contribution in [2.45, 2.75) is 13.8 Å². The number of carbonyl (C=O) groups is 3. The Morgan fingerprint density at radius 1 is 0.970 bits per heavy atom. The maximum Gasteiger partial charge on any atom is 1.00 e. The number of hydrogen-bond donors (Lipinski definition) is 5. The molecule has 5 N–H and O–H groups in total. The van der Waals surface area contributed by atoms with Crippen LogP contribution in [-0.2, 0) is 9.68 Å². The van der Waals surface area contributed by atoms with Crippen LogP contribution in [0, 0.1) is 0 Å². The van der Waals surface area contributed by atoms with Crippen molar-refractivity contribution in [2.24, 2.45) is 0 Å². The quantitative estimate of drug-likeness (QED) is 0.0578. The molecule has 33 heavy (non-hydrogen) atoms. The van der Waals surface area contributed by atoms with E-state index in [4.69, 9.17) is 40.3 Å². The van der Waals surface area contributed by atoms with E-state index in [0.29, 0.717) is 12.4 Å². The number of carboxylic acid groups (broad SMARTS) is 2. The first-order chi connectivity index (χ1) is 14.6. The summed E-state index contributed by atoms with van der Waals surface area (Å²) in [5.74, 6) is -2.78. The Hall–Kier alpha value is -0.237. The minimum absolute atomic E-state index is 0. The fourth-order valence-electron chi connectivity index (χ4n) is 1.64. The van der Waals surface area contributed by atoms with E-state index in [9.17, 15) is 9.59 Å². The van der Waals surface area contributed by atoms with Crippen LogP contribution in [0.5, 0.6) is 23.0 Å². The minimum Gasteiger partial charge on any atom is -1.00 e. The van der Waals surface area contributed by atoms with Gasteiger partial charge in [0.15, 0.2) is 0 Å². The zero-order valence-electron chi connectivity index (χ0n) is 19.5. The Morgan fingerprint density at radius 3 is 1.70 bits per heavy atom. The molecule has 0 aliphatic heterocycles. The molecule has 0 saturated carbocycles. The largest absolute Gasteiger partial charge is 1.00 e. The first-order valence-electron chi connectivity index (χ1n) is 8.31. The number of phenols is 3. The molecule has 0 amide bonds. The average molecular weight is 585 g/mol. The van der Waals surface area contributed by atoms with Crippen molar-refractivity contribution < 1.29 is 159 Å². The number of phenolic OH excluding ortho intramolecular Hbond substituents is 1. The van der Waals surface area contributed by atoms with E-state index in [1.54, 1.807) is 6.92 Å². The summed E-state index contributed by atoms with van der Waals surface area (Å²) in [6.45, 7) is 4.12. The molecule has 0 aromatic heterocycles. The summed E-state index contributed by atoms with van der Waals surface area (Å²) in [5.41, 5.74) is -0.448. The van der Waals surface area contributed by atoms with Crippen LogP contribution in [0.1, 0.15) is 36.0 Å². The normalized spacial score (nSPS) is 8.12. The SMILES string of the molecule is CCBr.CCOc1ccc(O)c(C(=O)O)c1.O=C(O)c1cc(O)ccc1O.O=CO[O-].[H-].[K+].[K+]. The Labute approximate surface area is 285 Å². The van der Waals surface area contributed by atoms with Gasteiger partial charge in [0.25, 0.3) is 6.47 Å². The van der Waals surface area contributed by atoms with Crippen LogP contribution in [0.2, 0.25) is 0 Å². The van der Waals surface area contributed by atoms with Crippen LogP contribution < -0.4 is 113 Å². The predicted molar refractivity (Wildman–Crippen MR) is 111 cm³/mol. The third kappa shape index (κ3) is 19.7. The number of carboxylic acids is 2. The Balaban J connectivity index is -0.000000122. The molecule has 0 radical (unpaired) electrons. The number of carbonyl (C=O) groups excluding carboxylic acids is 1. The first kappa shape index (κ1) is 40.0. The molecule has 0 spiro atoms. The molecule has 0 aliphatic rings. The van der Waals surface area contributed by atoms with Crippen molar-refractivity contribution in [1.29, 1.82) is 0 Å². The molecule has 0 bridgehead atoms. The van der Waals surface area contributed by atoms with Crippen LogP contribution in [0.15, 0.2) is 36.4 Å². The predicted octanol–water partition coefficient (Wildman–Crippen LogP) is -3.76. The van der Waals surface area contributed by atoms with E-state index in [-0.39, 0.29) is 139 Å². The van der Waals surface area contributed by atoms with E-state index in [1.807, 2.05) is 6.92 Å². The molecule has 0 unspecified atom stereocenters. The first-order valence-corrected chi connectivity index (χ1v) is 9.44. The molecule has 2 rings (SSSR count). The van der Waals surface area contributed by atoms with Gasteiger partial charge in [0, 0.05) is 5.33 Å². The van der Waals surface area contributed by atoms with E-state index in [2.05, 4.69) is 20.8 Å². The molecule has 14 heteroatoms. The summed E-state index contributed by atoms with van der Waals surface area (Å²) < 4.78 is 5.08. The van der Waals surface area contributed by atoms with Gasteiger partial charge in [-0.1, -0.05) is 22.9 Å². The van der Waals surface area contributed by atoms with Gasteiger partial charge in [0.1, 0.15) is 34.1 Å². The number of alkyl halides is 1. The molecule has 174 valence electrons. The molecule has 0 aliphatic carbocycles. The van der Waals surface area contributed by atoms with E-state index < -0.39 is 11.9 Å². The number of aromatic carboxylic acids is 2. The fourth-order valence-corrected chi connectivity index (χ4v) is 1.64. The van der Waals surface area contributed by atoms with Crippen molar-refractivity contribution >= 4 is 34.3 Å². The zero-order valence-corrected chi connectivity index (χ0v) is 26.4. The van der Waals surface area contributed by atoms with E-state index in [1.165, 1.54) is 24.3 Å². The number of aromatic hydroxyl groups is 3. The summed E-state index contributed by atoms with van der Waals surface area (Å²) in [6, 6.07) is 7.43. The van der Waals surface area contributed by atoms with Crippen molar-refractivity contribution in [3.8, 4) is 23.0 Å². The van der Waals surface area contributed by atoms with Crippen molar-refractivity contribution in [3.05, 3.63) is 47.5 Å². The minimum atomic E-state index is -1.27. The van der Waals surface area contributed by atoms with Gasteiger partial charge in [-0.25, -0.2) is 9.59 Å². The summed E-state index contributed by atoms with van der Waals surface area (Å²) >= 11 is 3.15. The second-order valence-corrected chi connectivity index (χ2v) is 6.00. The standard InChI is InChI=1S/C9H10O4.C7H6O4.C2H5Br.CH2O3.2K.H/c1-2-13-6-3-4-8(10)7(5-6)9(11)12;8-4-1-2-6(9)5(3-4)7(10)11;1-2-3;2-1-4-3;;;/h3-5,10H,2H2,1H3,(H,11,12);1-3,8-9H,(H,10,11);2H2,1H3;1,3H;;;/q;;;;2*+1;-1/p-1. The number of ether oxygens (including phenoxy) is 1. The van der Waals surface area contributed by atoms with Crippen LogP contribution in [0.3, 0.4) is 0 Å². The van der Waals surface area contributed by atoms with Gasteiger partial charge in [-0.05, 0) is 43.3 Å². The van der Waals surface area contributed by atoms with E-state index in [0.717, 1.165) is 17.5 Å². The van der Waals surface area contributed by atoms with Crippen molar-refractivity contribution in [2.75, 3.05) is 11.9 Å². The summed E-state index contributed by atoms with van der Waals surface area (Å²) in [4.78, 5) is 32.1.